The summed E-state index contributed by atoms with van der Waals surface area (Å²) in [5.41, 5.74) is -0.936. The van der Waals surface area contributed by atoms with Crippen LogP contribution in [0.2, 0.25) is 0 Å². The van der Waals surface area contributed by atoms with E-state index in [0.717, 1.165) is 19.2 Å². The van der Waals surface area contributed by atoms with E-state index < -0.39 is 34.5 Å². The van der Waals surface area contributed by atoms with E-state index >= 15 is 0 Å². The lowest BCUT2D eigenvalue weighted by molar-refractivity contribution is -0.384. The van der Waals surface area contributed by atoms with Gasteiger partial charge in [0.15, 0.2) is 0 Å². The highest BCUT2D eigenvalue weighted by molar-refractivity contribution is 6.05. The highest BCUT2D eigenvalue weighted by Crippen LogP contribution is 2.14. The van der Waals surface area contributed by atoms with E-state index in [1.807, 2.05) is 0 Å². The molecule has 0 saturated heterocycles. The Kier molecular flexibility index (Phi) is 6.78. The molecule has 0 aromatic heterocycles. The van der Waals surface area contributed by atoms with Crippen LogP contribution in [-0.2, 0) is 14.4 Å². The number of amides is 3. The fourth-order valence-electron chi connectivity index (χ4n) is 1.84. The predicted molar refractivity (Wildman–Crippen MR) is 90.1 cm³/mol. The van der Waals surface area contributed by atoms with E-state index in [2.05, 4.69) is 5.32 Å². The molecule has 0 saturated carbocycles. The molecule has 0 heterocycles. The second-order valence-corrected chi connectivity index (χ2v) is 6.29. The third kappa shape index (κ3) is 5.81. The number of rotatable bonds is 5. The molecule has 0 unspecified atom stereocenters. The van der Waals surface area contributed by atoms with E-state index in [0.29, 0.717) is 5.06 Å². The van der Waals surface area contributed by atoms with Gasteiger partial charge < -0.3 is 10.1 Å². The second-order valence-electron chi connectivity index (χ2n) is 6.29. The Morgan fingerprint density at radius 3 is 2.15 bits per heavy atom. The first-order valence-electron chi connectivity index (χ1n) is 7.62. The number of non-ortho nitro benzene ring substituents is 1. The maximum atomic E-state index is 12.4. The van der Waals surface area contributed by atoms with Gasteiger partial charge in [-0.05, 0) is 39.8 Å². The molecule has 0 fully saturated rings. The minimum absolute atomic E-state index is 0.00951. The van der Waals surface area contributed by atoms with Crippen LogP contribution in [0.4, 0.5) is 10.5 Å². The molecular formula is C16H21N3O7. The van der Waals surface area contributed by atoms with Crippen LogP contribution >= 0.6 is 0 Å². The number of hydrogen-bond donors (Lipinski definition) is 1. The van der Waals surface area contributed by atoms with Gasteiger partial charge in [-0.15, -0.1) is 5.06 Å². The Labute approximate surface area is 150 Å². The number of alkyl carbamates (subject to hydrolysis) is 1. The predicted octanol–water partition coefficient (Wildman–Crippen LogP) is 2.04. The van der Waals surface area contributed by atoms with Gasteiger partial charge in [0.25, 0.3) is 17.5 Å². The van der Waals surface area contributed by atoms with Crippen molar-refractivity contribution < 1.29 is 28.9 Å². The van der Waals surface area contributed by atoms with Crippen molar-refractivity contribution in [2.24, 2.45) is 0 Å². The highest BCUT2D eigenvalue weighted by Gasteiger charge is 2.30. The molecule has 142 valence electrons. The lowest BCUT2D eigenvalue weighted by Crippen LogP contribution is -2.49. The number of hydroxylamine groups is 2. The zero-order chi connectivity index (χ0) is 20.1. The SMILES string of the molecule is CON(C(=O)c1ccc([N+](=O)[O-])cc1)C(=O)[C@H](C)NC(=O)OC(C)(C)C. The molecule has 0 aliphatic rings. The van der Waals surface area contributed by atoms with E-state index in [1.165, 1.54) is 19.1 Å². The molecule has 1 atom stereocenters. The maximum Gasteiger partial charge on any atom is 0.408 e. The van der Waals surface area contributed by atoms with Gasteiger partial charge in [0.05, 0.1) is 12.0 Å². The standard InChI is InChI=1S/C16H21N3O7/c1-10(17-15(22)26-16(2,3)4)13(20)18(25-5)14(21)11-6-8-12(9-7-11)19(23)24/h6-10H,1-5H3,(H,17,22)/t10-/m0/s1. The van der Waals surface area contributed by atoms with E-state index in [1.54, 1.807) is 20.8 Å². The molecule has 10 nitrogen and oxygen atoms in total. The summed E-state index contributed by atoms with van der Waals surface area (Å²) in [6.07, 6.45) is -0.822. The van der Waals surface area contributed by atoms with Crippen molar-refractivity contribution in [1.82, 2.24) is 10.4 Å². The lowest BCUT2D eigenvalue weighted by Gasteiger charge is -2.24. The average Bonchev–Trinajstić information content (AvgIpc) is 2.53. The second kappa shape index (κ2) is 8.39. The van der Waals surface area contributed by atoms with Crippen molar-refractivity contribution in [2.45, 2.75) is 39.3 Å². The van der Waals surface area contributed by atoms with Crippen LogP contribution in [0.15, 0.2) is 24.3 Å². The molecule has 3 amide bonds. The molecule has 10 heteroatoms. The van der Waals surface area contributed by atoms with E-state index in [4.69, 9.17) is 9.57 Å². The van der Waals surface area contributed by atoms with Crippen LogP contribution in [0.5, 0.6) is 0 Å². The molecular weight excluding hydrogens is 346 g/mol. The van der Waals surface area contributed by atoms with Crippen LogP contribution in [0.25, 0.3) is 0 Å². The van der Waals surface area contributed by atoms with Crippen molar-refractivity contribution in [3.63, 3.8) is 0 Å². The van der Waals surface area contributed by atoms with Gasteiger partial charge in [0, 0.05) is 17.7 Å². The Morgan fingerprint density at radius 1 is 1.19 bits per heavy atom. The average molecular weight is 367 g/mol. The van der Waals surface area contributed by atoms with Gasteiger partial charge in [-0.2, -0.15) is 0 Å². The number of benzene rings is 1. The largest absolute Gasteiger partial charge is 0.444 e. The zero-order valence-electron chi connectivity index (χ0n) is 15.1. The molecule has 1 N–H and O–H groups in total. The van der Waals surface area contributed by atoms with Crippen molar-refractivity contribution in [3.8, 4) is 0 Å². The molecule has 1 rings (SSSR count). The number of hydrogen-bond acceptors (Lipinski definition) is 7. The first kappa shape index (κ1) is 21.0. The number of carbonyl (C=O) groups is 3. The summed E-state index contributed by atoms with van der Waals surface area (Å²) in [4.78, 5) is 51.3. The van der Waals surface area contributed by atoms with Crippen molar-refractivity contribution in [2.75, 3.05) is 7.11 Å². The summed E-state index contributed by atoms with van der Waals surface area (Å²) >= 11 is 0. The van der Waals surface area contributed by atoms with Crippen LogP contribution in [0.3, 0.4) is 0 Å². The van der Waals surface area contributed by atoms with Crippen LogP contribution in [0.1, 0.15) is 38.1 Å². The Morgan fingerprint density at radius 2 is 1.73 bits per heavy atom. The van der Waals surface area contributed by atoms with E-state index in [-0.39, 0.29) is 11.3 Å². The molecule has 0 bridgehead atoms. The Balaban J connectivity index is 2.85. The van der Waals surface area contributed by atoms with Gasteiger partial charge >= 0.3 is 6.09 Å². The zero-order valence-corrected chi connectivity index (χ0v) is 15.1. The number of imide groups is 1. The normalized spacial score (nSPS) is 12.0. The van der Waals surface area contributed by atoms with Crippen LogP contribution in [0, 0.1) is 10.1 Å². The molecule has 26 heavy (non-hydrogen) atoms. The van der Waals surface area contributed by atoms with Gasteiger partial charge in [0.1, 0.15) is 11.6 Å². The first-order valence-corrected chi connectivity index (χ1v) is 7.62. The highest BCUT2D eigenvalue weighted by atomic mass is 16.7. The first-order chi connectivity index (χ1) is 12.0. The van der Waals surface area contributed by atoms with Crippen LogP contribution in [-0.4, -0.2) is 46.6 Å². The Hall–Kier alpha value is -3.01. The summed E-state index contributed by atoms with van der Waals surface area (Å²) in [5, 5.41) is 13.4. The number of nitrogens with one attached hydrogen (secondary N) is 1. The third-order valence-corrected chi connectivity index (χ3v) is 3.00. The smallest absolute Gasteiger partial charge is 0.408 e. The fraction of sp³-hybridized carbons (Fsp3) is 0.438. The van der Waals surface area contributed by atoms with Gasteiger partial charge in [-0.1, -0.05) is 0 Å². The van der Waals surface area contributed by atoms with Crippen LogP contribution < -0.4 is 5.32 Å². The van der Waals surface area contributed by atoms with Crippen molar-refractivity contribution >= 4 is 23.6 Å². The monoisotopic (exact) mass is 367 g/mol. The van der Waals surface area contributed by atoms with Crippen molar-refractivity contribution in [3.05, 3.63) is 39.9 Å². The molecule has 0 spiro atoms. The number of carbonyl (C=O) groups excluding carboxylic acids is 3. The third-order valence-electron chi connectivity index (χ3n) is 3.00. The topological polar surface area (TPSA) is 128 Å². The molecule has 0 radical (unpaired) electrons. The minimum Gasteiger partial charge on any atom is -0.444 e. The van der Waals surface area contributed by atoms with Gasteiger partial charge in [-0.3, -0.25) is 24.5 Å². The maximum absolute atomic E-state index is 12.4. The summed E-state index contributed by atoms with van der Waals surface area (Å²) in [7, 11) is 1.11. The summed E-state index contributed by atoms with van der Waals surface area (Å²) in [6, 6.07) is 3.56. The number of nitro benzene ring substituents is 1. The minimum atomic E-state index is -1.10. The fourth-order valence-corrected chi connectivity index (χ4v) is 1.84. The summed E-state index contributed by atoms with van der Waals surface area (Å²) < 4.78 is 5.04. The quantitative estimate of drug-likeness (QED) is 0.623. The van der Waals surface area contributed by atoms with Crippen molar-refractivity contribution in [1.29, 1.82) is 0 Å². The molecule has 0 aliphatic heterocycles. The van der Waals surface area contributed by atoms with Gasteiger partial charge in [0.2, 0.25) is 0 Å². The summed E-state index contributed by atoms with van der Waals surface area (Å²) in [6.45, 7) is 6.36. The Bertz CT molecular complexity index is 695. The molecule has 0 aliphatic carbocycles. The van der Waals surface area contributed by atoms with E-state index in [9.17, 15) is 24.5 Å². The molecule has 1 aromatic rings. The number of ether oxygens (including phenoxy) is 1. The molecule has 1 aromatic carbocycles. The van der Waals surface area contributed by atoms with Gasteiger partial charge in [-0.25, -0.2) is 4.79 Å². The number of nitro groups is 1. The lowest BCUT2D eigenvalue weighted by atomic mass is 10.2. The number of nitrogens with zero attached hydrogens (tertiary/aromatic N) is 2. The summed E-state index contributed by atoms with van der Waals surface area (Å²) in [5.74, 6) is -1.66.